The summed E-state index contributed by atoms with van der Waals surface area (Å²) >= 11 is 5.24. The summed E-state index contributed by atoms with van der Waals surface area (Å²) in [4.78, 5) is 0. The fourth-order valence-corrected chi connectivity index (χ4v) is 2.13. The topological polar surface area (TPSA) is 69.4 Å². The van der Waals surface area contributed by atoms with Crippen molar-refractivity contribution in [3.8, 4) is 11.8 Å². The smallest absolute Gasteiger partial charge is 0.191 e. The lowest BCUT2D eigenvalue weighted by molar-refractivity contribution is 0.368. The molecule has 0 aliphatic rings. The van der Waals surface area contributed by atoms with Gasteiger partial charge in [0, 0.05) is 5.69 Å². The lowest BCUT2D eigenvalue weighted by atomic mass is 10.1. The minimum absolute atomic E-state index is 0.0350. The Morgan fingerprint density at radius 3 is 2.71 bits per heavy atom. The summed E-state index contributed by atoms with van der Waals surface area (Å²) < 4.78 is 5.19. The second kappa shape index (κ2) is 8.65. The van der Waals surface area contributed by atoms with E-state index in [2.05, 4.69) is 28.8 Å². The highest BCUT2D eigenvalue weighted by atomic mass is 32.1. The molecule has 0 heterocycles. The molecule has 0 radical (unpaired) electrons. The van der Waals surface area contributed by atoms with Crippen molar-refractivity contribution in [2.75, 3.05) is 11.9 Å². The second-order valence-electron chi connectivity index (χ2n) is 5.09. The molecule has 0 saturated heterocycles. The highest BCUT2D eigenvalue weighted by Crippen LogP contribution is 2.17. The van der Waals surface area contributed by atoms with Gasteiger partial charge in [-0.3, -0.25) is 5.43 Å². The molecule has 2 rings (SSSR count). The molecule has 2 N–H and O–H groups in total. The van der Waals surface area contributed by atoms with Crippen LogP contribution in [0.4, 0.5) is 5.69 Å². The fourth-order valence-electron chi connectivity index (χ4n) is 1.97. The molecule has 0 fully saturated rings. The van der Waals surface area contributed by atoms with Gasteiger partial charge in [-0.2, -0.15) is 10.4 Å². The minimum atomic E-state index is 0.0350. The Morgan fingerprint density at radius 2 is 2.00 bits per heavy atom. The van der Waals surface area contributed by atoms with Crippen molar-refractivity contribution in [3.63, 3.8) is 0 Å². The van der Waals surface area contributed by atoms with Crippen LogP contribution in [0.5, 0.6) is 5.75 Å². The molecular formula is C18H18N4OS. The fraction of sp³-hybridized carbons (Fsp3) is 0.167. The number of hydrogen-bond acceptors (Lipinski definition) is 4. The summed E-state index contributed by atoms with van der Waals surface area (Å²) in [6.45, 7) is 4.13. The van der Waals surface area contributed by atoms with Gasteiger partial charge in [0.25, 0.3) is 0 Å². The molecular weight excluding hydrogens is 320 g/mol. The number of aryl methyl sites for hydroxylation is 1. The quantitative estimate of drug-likeness (QED) is 0.496. The molecule has 5 nitrogen and oxygen atoms in total. The zero-order valence-corrected chi connectivity index (χ0v) is 14.4. The molecule has 0 spiro atoms. The number of hydrogen-bond donors (Lipinski definition) is 2. The van der Waals surface area contributed by atoms with Crippen LogP contribution in [-0.4, -0.2) is 17.9 Å². The standard InChI is InChI=1S/C18H18N4OS/c1-13-4-3-5-17(14(13)2)21-18(24)22-20-12-15-6-8-16(9-7-15)23-11-10-19/h3-9,12H,11H2,1-2H3,(H2,21,22,24)/b20-12-. The van der Waals surface area contributed by atoms with E-state index < -0.39 is 0 Å². The van der Waals surface area contributed by atoms with Crippen LogP contribution < -0.4 is 15.5 Å². The van der Waals surface area contributed by atoms with Crippen molar-refractivity contribution in [3.05, 3.63) is 59.2 Å². The van der Waals surface area contributed by atoms with E-state index in [9.17, 15) is 0 Å². The minimum Gasteiger partial charge on any atom is -0.479 e. The van der Waals surface area contributed by atoms with E-state index in [0.717, 1.165) is 16.8 Å². The van der Waals surface area contributed by atoms with Crippen LogP contribution in [0.1, 0.15) is 16.7 Å². The van der Waals surface area contributed by atoms with Crippen molar-refractivity contribution in [1.82, 2.24) is 5.43 Å². The number of rotatable bonds is 5. The highest BCUT2D eigenvalue weighted by molar-refractivity contribution is 7.80. The lowest BCUT2D eigenvalue weighted by Gasteiger charge is -2.11. The highest BCUT2D eigenvalue weighted by Gasteiger charge is 2.02. The first-order valence-corrected chi connectivity index (χ1v) is 7.77. The molecule has 0 aromatic heterocycles. The van der Waals surface area contributed by atoms with Crippen LogP contribution in [0.3, 0.4) is 0 Å². The van der Waals surface area contributed by atoms with Gasteiger partial charge in [0.1, 0.15) is 11.8 Å². The van der Waals surface area contributed by atoms with Gasteiger partial charge < -0.3 is 10.1 Å². The van der Waals surface area contributed by atoms with Gasteiger partial charge in [0.15, 0.2) is 11.7 Å². The Bertz CT molecular complexity index is 779. The molecule has 0 aliphatic heterocycles. The Balaban J connectivity index is 1.88. The zero-order valence-electron chi connectivity index (χ0n) is 13.5. The van der Waals surface area contributed by atoms with Gasteiger partial charge in [-0.25, -0.2) is 0 Å². The maximum absolute atomic E-state index is 8.47. The number of anilines is 1. The first-order chi connectivity index (χ1) is 11.6. The molecule has 0 aliphatic carbocycles. The summed E-state index contributed by atoms with van der Waals surface area (Å²) in [7, 11) is 0. The van der Waals surface area contributed by atoms with Crippen LogP contribution in [0.25, 0.3) is 0 Å². The third-order valence-electron chi connectivity index (χ3n) is 3.42. The van der Waals surface area contributed by atoms with Gasteiger partial charge in [-0.05, 0) is 73.1 Å². The number of benzene rings is 2. The van der Waals surface area contributed by atoms with Gasteiger partial charge in [-0.1, -0.05) is 12.1 Å². The van der Waals surface area contributed by atoms with E-state index in [1.165, 1.54) is 5.56 Å². The molecule has 0 saturated carbocycles. The summed E-state index contributed by atoms with van der Waals surface area (Å²) in [5, 5.41) is 16.1. The molecule has 2 aromatic rings. The van der Waals surface area contributed by atoms with Gasteiger partial charge in [0.05, 0.1) is 6.21 Å². The lowest BCUT2D eigenvalue weighted by Crippen LogP contribution is -2.24. The third-order valence-corrected chi connectivity index (χ3v) is 3.61. The van der Waals surface area contributed by atoms with Crippen molar-refractivity contribution in [2.24, 2.45) is 5.10 Å². The number of thiocarbonyl (C=S) groups is 1. The van der Waals surface area contributed by atoms with Crippen LogP contribution in [0, 0.1) is 25.2 Å². The molecule has 24 heavy (non-hydrogen) atoms. The monoisotopic (exact) mass is 338 g/mol. The van der Waals surface area contributed by atoms with Gasteiger partial charge >= 0.3 is 0 Å². The number of nitrogens with zero attached hydrogens (tertiary/aromatic N) is 2. The Labute approximate surface area is 147 Å². The maximum atomic E-state index is 8.47. The van der Waals surface area contributed by atoms with E-state index in [4.69, 9.17) is 22.2 Å². The van der Waals surface area contributed by atoms with Crippen molar-refractivity contribution in [1.29, 1.82) is 5.26 Å². The van der Waals surface area contributed by atoms with Gasteiger partial charge in [-0.15, -0.1) is 0 Å². The number of nitriles is 1. The van der Waals surface area contributed by atoms with E-state index in [1.807, 2.05) is 37.3 Å². The predicted molar refractivity (Wildman–Crippen MR) is 100 cm³/mol. The van der Waals surface area contributed by atoms with E-state index >= 15 is 0 Å². The first-order valence-electron chi connectivity index (χ1n) is 7.36. The van der Waals surface area contributed by atoms with E-state index in [1.54, 1.807) is 18.3 Å². The first kappa shape index (κ1) is 17.4. The number of nitrogens with one attached hydrogen (secondary N) is 2. The molecule has 0 bridgehead atoms. The second-order valence-corrected chi connectivity index (χ2v) is 5.50. The Kier molecular flexibility index (Phi) is 6.29. The molecule has 0 amide bonds. The average Bonchev–Trinajstić information content (AvgIpc) is 2.58. The normalized spacial score (nSPS) is 10.2. The summed E-state index contributed by atoms with van der Waals surface area (Å²) in [6.07, 6.45) is 1.66. The van der Waals surface area contributed by atoms with Crippen molar-refractivity contribution in [2.45, 2.75) is 13.8 Å². The molecule has 2 aromatic carbocycles. The Morgan fingerprint density at radius 1 is 1.25 bits per heavy atom. The summed E-state index contributed by atoms with van der Waals surface area (Å²) in [5.41, 5.74) is 6.99. The van der Waals surface area contributed by atoms with Crippen LogP contribution in [0.15, 0.2) is 47.6 Å². The molecule has 0 atom stereocenters. The summed E-state index contributed by atoms with van der Waals surface area (Å²) in [6, 6.07) is 15.2. The van der Waals surface area contributed by atoms with Crippen LogP contribution in [-0.2, 0) is 0 Å². The van der Waals surface area contributed by atoms with Gasteiger partial charge in [0.2, 0.25) is 0 Å². The number of hydrazone groups is 1. The average molecular weight is 338 g/mol. The Hall–Kier alpha value is -2.91. The largest absolute Gasteiger partial charge is 0.479 e. The zero-order chi connectivity index (χ0) is 17.4. The molecule has 0 unspecified atom stereocenters. The number of ether oxygens (including phenoxy) is 1. The summed E-state index contributed by atoms with van der Waals surface area (Å²) in [5.74, 6) is 0.647. The molecule has 122 valence electrons. The van der Waals surface area contributed by atoms with E-state index in [-0.39, 0.29) is 6.61 Å². The van der Waals surface area contributed by atoms with Crippen LogP contribution in [0.2, 0.25) is 0 Å². The van der Waals surface area contributed by atoms with Crippen molar-refractivity contribution >= 4 is 29.2 Å². The maximum Gasteiger partial charge on any atom is 0.191 e. The third kappa shape index (κ3) is 5.07. The van der Waals surface area contributed by atoms with Crippen molar-refractivity contribution < 1.29 is 4.74 Å². The predicted octanol–water partition coefficient (Wildman–Crippen LogP) is 3.53. The van der Waals surface area contributed by atoms with E-state index in [0.29, 0.717) is 10.9 Å². The van der Waals surface area contributed by atoms with Crippen LogP contribution >= 0.6 is 12.2 Å². The molecule has 6 heteroatoms. The SMILES string of the molecule is Cc1cccc(NC(=S)N/N=C\c2ccc(OCC#N)cc2)c1C.